The molecule has 0 spiro atoms. The average molecular weight is 781 g/mol. The third kappa shape index (κ3) is 39.4. The van der Waals surface area contributed by atoms with Gasteiger partial charge in [0.2, 0.25) is 0 Å². The highest BCUT2D eigenvalue weighted by Crippen LogP contribution is 2.43. The summed E-state index contributed by atoms with van der Waals surface area (Å²) in [5.74, 6) is -0.865. The first-order valence-corrected chi connectivity index (χ1v) is 22.5. The monoisotopic (exact) mass is 781 g/mol. The lowest BCUT2D eigenvalue weighted by atomic mass is 10.1. The number of carbonyl (C=O) groups is 2. The minimum atomic E-state index is -4.39. The number of allylic oxidation sites excluding steroid dienone is 10. The summed E-state index contributed by atoms with van der Waals surface area (Å²) in [7, 11) is 1.44. The van der Waals surface area contributed by atoms with E-state index in [9.17, 15) is 19.0 Å². The van der Waals surface area contributed by atoms with Crippen molar-refractivity contribution in [3.63, 3.8) is 0 Å². The van der Waals surface area contributed by atoms with Gasteiger partial charge in [-0.05, 0) is 83.5 Å². The summed E-state index contributed by atoms with van der Waals surface area (Å²) in [5.41, 5.74) is 0. The SMILES string of the molecule is CCCCC/C=C/C/C=C/C/C=C/CCCCC(=O)OC[C@H](COP(=O)(O)OCC[N+](C)(C)C)OC(=O)CCCCCCC/C=C/C/C=C/CCCCC. The van der Waals surface area contributed by atoms with E-state index in [2.05, 4.69) is 74.6 Å². The predicted octanol–water partition coefficient (Wildman–Crippen LogP) is 11.7. The Morgan fingerprint density at radius 2 is 1.00 bits per heavy atom. The number of unbranched alkanes of at least 4 members (excludes halogenated alkanes) is 13. The molecule has 312 valence electrons. The molecular weight excluding hydrogens is 701 g/mol. The van der Waals surface area contributed by atoms with E-state index in [1.807, 2.05) is 21.1 Å². The molecular formula is C44H79NO8P+. The summed E-state index contributed by atoms with van der Waals surface area (Å²) in [6.07, 6.45) is 42.7. The minimum Gasteiger partial charge on any atom is -0.462 e. The Kier molecular flexibility index (Phi) is 34.8. The number of hydrogen-bond acceptors (Lipinski definition) is 7. The molecule has 0 saturated carbocycles. The van der Waals surface area contributed by atoms with Crippen LogP contribution in [0, 0.1) is 0 Å². The summed E-state index contributed by atoms with van der Waals surface area (Å²) in [4.78, 5) is 35.3. The van der Waals surface area contributed by atoms with Crippen LogP contribution in [0.4, 0.5) is 0 Å². The Morgan fingerprint density at radius 3 is 1.52 bits per heavy atom. The first-order chi connectivity index (χ1) is 26.0. The molecule has 0 aliphatic carbocycles. The van der Waals surface area contributed by atoms with E-state index in [4.69, 9.17) is 18.5 Å². The molecule has 0 aliphatic rings. The molecule has 1 unspecified atom stereocenters. The molecule has 1 N–H and O–H groups in total. The van der Waals surface area contributed by atoms with Crippen LogP contribution in [0.15, 0.2) is 60.8 Å². The van der Waals surface area contributed by atoms with Gasteiger partial charge < -0.3 is 18.9 Å². The number of phosphoric ester groups is 1. The molecule has 0 aromatic rings. The van der Waals surface area contributed by atoms with Crippen molar-refractivity contribution in [2.24, 2.45) is 0 Å². The zero-order valence-electron chi connectivity index (χ0n) is 34.9. The van der Waals surface area contributed by atoms with Crippen molar-refractivity contribution in [1.29, 1.82) is 0 Å². The minimum absolute atomic E-state index is 0.0201. The van der Waals surface area contributed by atoms with Crippen molar-refractivity contribution in [1.82, 2.24) is 0 Å². The van der Waals surface area contributed by atoms with E-state index < -0.39 is 32.5 Å². The van der Waals surface area contributed by atoms with Crippen molar-refractivity contribution >= 4 is 19.8 Å². The summed E-state index contributed by atoms with van der Waals surface area (Å²) in [6, 6.07) is 0. The number of quaternary nitrogens is 1. The Labute approximate surface area is 330 Å². The summed E-state index contributed by atoms with van der Waals surface area (Å²) < 4.78 is 34.2. The van der Waals surface area contributed by atoms with Crippen molar-refractivity contribution in [3.8, 4) is 0 Å². The Hall–Kier alpha value is -2.29. The highest BCUT2D eigenvalue weighted by atomic mass is 31.2. The zero-order valence-corrected chi connectivity index (χ0v) is 35.8. The van der Waals surface area contributed by atoms with E-state index in [0.717, 1.165) is 70.6 Å². The van der Waals surface area contributed by atoms with E-state index in [0.29, 0.717) is 23.9 Å². The van der Waals surface area contributed by atoms with Crippen LogP contribution in [0.25, 0.3) is 0 Å². The average Bonchev–Trinajstić information content (AvgIpc) is 3.12. The van der Waals surface area contributed by atoms with Gasteiger partial charge in [-0.1, -0.05) is 120 Å². The van der Waals surface area contributed by atoms with Gasteiger partial charge in [-0.25, -0.2) is 4.57 Å². The highest BCUT2D eigenvalue weighted by Gasteiger charge is 2.27. The molecule has 0 bridgehead atoms. The van der Waals surface area contributed by atoms with Gasteiger partial charge in [-0.15, -0.1) is 0 Å². The molecule has 0 saturated heterocycles. The number of likely N-dealkylation sites (N-methyl/N-ethyl adjacent to an activating group) is 1. The van der Waals surface area contributed by atoms with Gasteiger partial charge in [-0.2, -0.15) is 0 Å². The van der Waals surface area contributed by atoms with Gasteiger partial charge in [0.15, 0.2) is 6.10 Å². The molecule has 0 aliphatic heterocycles. The number of hydrogen-bond donors (Lipinski definition) is 1. The summed E-state index contributed by atoms with van der Waals surface area (Å²) in [6.45, 7) is 4.28. The van der Waals surface area contributed by atoms with Crippen molar-refractivity contribution < 1.29 is 42.1 Å². The van der Waals surface area contributed by atoms with E-state index in [1.165, 1.54) is 44.9 Å². The maximum atomic E-state index is 12.7. The topological polar surface area (TPSA) is 108 Å². The number of rotatable bonds is 37. The van der Waals surface area contributed by atoms with Crippen molar-refractivity contribution in [2.75, 3.05) is 47.5 Å². The second kappa shape index (κ2) is 36.4. The number of carbonyl (C=O) groups excluding carboxylic acids is 2. The fourth-order valence-electron chi connectivity index (χ4n) is 5.17. The molecule has 2 atom stereocenters. The van der Waals surface area contributed by atoms with Gasteiger partial charge in [0, 0.05) is 12.8 Å². The van der Waals surface area contributed by atoms with Gasteiger partial charge in [0.1, 0.15) is 19.8 Å². The number of esters is 2. The third-order valence-corrected chi connectivity index (χ3v) is 9.50. The second-order valence-electron chi connectivity index (χ2n) is 15.0. The first-order valence-electron chi connectivity index (χ1n) is 21.0. The molecule has 0 radical (unpaired) electrons. The van der Waals surface area contributed by atoms with E-state index >= 15 is 0 Å². The van der Waals surface area contributed by atoms with Crippen molar-refractivity contribution in [2.45, 2.75) is 161 Å². The van der Waals surface area contributed by atoms with E-state index in [-0.39, 0.29) is 26.1 Å². The molecule has 0 aromatic heterocycles. The van der Waals surface area contributed by atoms with Gasteiger partial charge in [0.25, 0.3) is 0 Å². The lowest BCUT2D eigenvalue weighted by molar-refractivity contribution is -0.870. The van der Waals surface area contributed by atoms with Gasteiger partial charge in [-0.3, -0.25) is 18.6 Å². The van der Waals surface area contributed by atoms with Gasteiger partial charge >= 0.3 is 19.8 Å². The molecule has 0 heterocycles. The molecule has 0 fully saturated rings. The first kappa shape index (κ1) is 51.7. The maximum absolute atomic E-state index is 12.7. The molecule has 0 amide bonds. The standard InChI is InChI=1S/C44H78NO8P/c1-6-8-10-12-14-16-18-20-22-24-26-28-30-32-34-36-43(46)50-40-42(41-52-54(48,49)51-39-38-45(3,4)5)53-44(47)37-35-33-31-29-27-25-23-21-19-17-15-13-11-9-7-2/h14-17,20-23,26,28,42H,6-13,18-19,24-25,27,29-41H2,1-5H3/p+1/b16-14+,17-15+,22-20+,23-21+,28-26+/t42-/m1/s1. The Morgan fingerprint density at radius 1 is 0.574 bits per heavy atom. The lowest BCUT2D eigenvalue weighted by Gasteiger charge is -2.24. The molecule has 54 heavy (non-hydrogen) atoms. The van der Waals surface area contributed by atoms with Crippen LogP contribution < -0.4 is 0 Å². The van der Waals surface area contributed by atoms with Crippen LogP contribution in [0.5, 0.6) is 0 Å². The quantitative estimate of drug-likeness (QED) is 0.0218. The van der Waals surface area contributed by atoms with Crippen molar-refractivity contribution in [3.05, 3.63) is 60.8 Å². The number of nitrogens with zero attached hydrogens (tertiary/aromatic N) is 1. The zero-order chi connectivity index (χ0) is 40.0. The Balaban J connectivity index is 4.50. The third-order valence-electron chi connectivity index (χ3n) is 8.52. The highest BCUT2D eigenvalue weighted by molar-refractivity contribution is 7.47. The van der Waals surface area contributed by atoms with Crippen LogP contribution in [-0.2, 0) is 32.7 Å². The van der Waals surface area contributed by atoms with Crippen LogP contribution in [0.3, 0.4) is 0 Å². The Bertz CT molecular complexity index is 1110. The molecule has 9 nitrogen and oxygen atoms in total. The lowest BCUT2D eigenvalue weighted by Crippen LogP contribution is -2.37. The fourth-order valence-corrected chi connectivity index (χ4v) is 5.91. The summed E-state index contributed by atoms with van der Waals surface area (Å²) in [5, 5.41) is 0. The van der Waals surface area contributed by atoms with Gasteiger partial charge in [0.05, 0.1) is 27.7 Å². The second-order valence-corrected chi connectivity index (χ2v) is 16.5. The van der Waals surface area contributed by atoms with Crippen LogP contribution >= 0.6 is 7.82 Å². The van der Waals surface area contributed by atoms with Crippen LogP contribution in [-0.4, -0.2) is 74.9 Å². The molecule has 0 rings (SSSR count). The fraction of sp³-hybridized carbons (Fsp3) is 0.727. The van der Waals surface area contributed by atoms with Crippen LogP contribution in [0.1, 0.15) is 155 Å². The van der Waals surface area contributed by atoms with E-state index in [1.54, 1.807) is 0 Å². The van der Waals surface area contributed by atoms with Crippen LogP contribution in [0.2, 0.25) is 0 Å². The molecule has 10 heteroatoms. The smallest absolute Gasteiger partial charge is 0.462 e. The number of ether oxygens (including phenoxy) is 2. The molecule has 0 aromatic carbocycles. The predicted molar refractivity (Wildman–Crippen MR) is 224 cm³/mol. The summed E-state index contributed by atoms with van der Waals surface area (Å²) >= 11 is 0. The number of phosphoric acid groups is 1. The normalized spacial score (nSPS) is 14.3. The maximum Gasteiger partial charge on any atom is 0.472 e. The largest absolute Gasteiger partial charge is 0.472 e.